The zero-order chi connectivity index (χ0) is 22.9. The van der Waals surface area contributed by atoms with Gasteiger partial charge >= 0.3 is 12.1 Å². The van der Waals surface area contributed by atoms with Gasteiger partial charge in [-0.3, -0.25) is 15.2 Å². The highest BCUT2D eigenvalue weighted by atomic mass is 16.5. The molecule has 3 N–H and O–H groups in total. The molecule has 1 aliphatic heterocycles. The van der Waals surface area contributed by atoms with Gasteiger partial charge in [0.15, 0.2) is 0 Å². The molecule has 0 bridgehead atoms. The normalized spacial score (nSPS) is 16.8. The molecule has 1 aliphatic carbocycles. The second kappa shape index (κ2) is 8.38. The number of hydrogen-bond donors (Lipinski definition) is 3. The Morgan fingerprint density at radius 3 is 2.42 bits per heavy atom. The first-order valence-electron chi connectivity index (χ1n) is 10.6. The molecule has 0 radical (unpaired) electrons. The van der Waals surface area contributed by atoms with Crippen molar-refractivity contribution in [3.63, 3.8) is 0 Å². The summed E-state index contributed by atoms with van der Waals surface area (Å²) in [5, 5.41) is 18.0. The number of H-pyrrole nitrogens is 1. The molecule has 168 valence electrons. The minimum atomic E-state index is -1.06. The molecule has 2 aliphatic rings. The quantitative estimate of drug-likeness (QED) is 0.547. The number of benzene rings is 2. The minimum absolute atomic E-state index is 0.0875. The van der Waals surface area contributed by atoms with Gasteiger partial charge in [-0.15, -0.1) is 5.10 Å². The first-order chi connectivity index (χ1) is 16.0. The molecule has 10 nitrogen and oxygen atoms in total. The van der Waals surface area contributed by atoms with Crippen molar-refractivity contribution in [1.29, 1.82) is 0 Å². The van der Waals surface area contributed by atoms with Crippen LogP contribution in [0.25, 0.3) is 11.1 Å². The van der Waals surface area contributed by atoms with E-state index in [1.54, 1.807) is 0 Å². The molecule has 1 saturated heterocycles. The summed E-state index contributed by atoms with van der Waals surface area (Å²) in [5.74, 6) is -1.99. The Morgan fingerprint density at radius 1 is 1.09 bits per heavy atom. The van der Waals surface area contributed by atoms with Crippen LogP contribution >= 0.6 is 0 Å². The third kappa shape index (κ3) is 3.79. The third-order valence-electron chi connectivity index (χ3n) is 6.04. The van der Waals surface area contributed by atoms with Crippen LogP contribution in [0.2, 0.25) is 0 Å². The van der Waals surface area contributed by atoms with Crippen LogP contribution < -0.4 is 5.32 Å². The summed E-state index contributed by atoms with van der Waals surface area (Å²) in [5.41, 5.74) is 4.44. The molecule has 0 spiro atoms. The Balaban J connectivity index is 1.23. The maximum atomic E-state index is 12.6. The fourth-order valence-corrected chi connectivity index (χ4v) is 4.54. The van der Waals surface area contributed by atoms with E-state index in [4.69, 9.17) is 4.74 Å². The van der Waals surface area contributed by atoms with Gasteiger partial charge in [0.05, 0.1) is 0 Å². The number of carboxylic acids is 1. The summed E-state index contributed by atoms with van der Waals surface area (Å²) in [7, 11) is 0. The molecule has 5 rings (SSSR count). The molecule has 3 aromatic rings. The monoisotopic (exact) mass is 447 g/mol. The van der Waals surface area contributed by atoms with Crippen LogP contribution in [0.3, 0.4) is 0 Å². The molecule has 10 heteroatoms. The highest BCUT2D eigenvalue weighted by Gasteiger charge is 2.36. The number of amides is 2. The van der Waals surface area contributed by atoms with Crippen LogP contribution in [0.15, 0.2) is 48.5 Å². The second-order valence-electron chi connectivity index (χ2n) is 7.95. The van der Waals surface area contributed by atoms with E-state index in [0.717, 1.165) is 22.3 Å². The Bertz CT molecular complexity index is 1190. The van der Waals surface area contributed by atoms with E-state index in [1.165, 1.54) is 4.90 Å². The highest BCUT2D eigenvalue weighted by Crippen LogP contribution is 2.44. The number of carboxylic acid groups (broad SMARTS) is 1. The van der Waals surface area contributed by atoms with Crippen LogP contribution in [-0.2, 0) is 9.53 Å². The van der Waals surface area contributed by atoms with Gasteiger partial charge in [0.2, 0.25) is 5.82 Å². The number of likely N-dealkylation sites (tertiary alicyclic amines) is 1. The average Bonchev–Trinajstić information content (AvgIpc) is 3.55. The van der Waals surface area contributed by atoms with Crippen LogP contribution in [0.5, 0.6) is 0 Å². The topological polar surface area (TPSA) is 138 Å². The molecule has 2 aromatic carbocycles. The minimum Gasteiger partial charge on any atom is -0.480 e. The fourth-order valence-electron chi connectivity index (χ4n) is 4.54. The zero-order valence-corrected chi connectivity index (χ0v) is 17.5. The number of aromatic amines is 1. The highest BCUT2D eigenvalue weighted by molar-refractivity contribution is 5.94. The molecule has 1 aromatic heterocycles. The van der Waals surface area contributed by atoms with Gasteiger partial charge in [-0.05, 0) is 35.1 Å². The molecule has 2 heterocycles. The number of aromatic nitrogens is 3. The number of aliphatic carboxylic acids is 1. The first kappa shape index (κ1) is 20.7. The summed E-state index contributed by atoms with van der Waals surface area (Å²) >= 11 is 0. The lowest BCUT2D eigenvalue weighted by Gasteiger charge is -2.19. The Hall–Kier alpha value is -4.21. The van der Waals surface area contributed by atoms with E-state index in [0.29, 0.717) is 19.4 Å². The van der Waals surface area contributed by atoms with Gasteiger partial charge in [-0.1, -0.05) is 48.5 Å². The van der Waals surface area contributed by atoms with Crippen LogP contribution in [0, 0.1) is 0 Å². The first-order valence-corrected chi connectivity index (χ1v) is 10.6. The number of nitrogens with zero attached hydrogens (tertiary/aromatic N) is 3. The van der Waals surface area contributed by atoms with E-state index in [9.17, 15) is 19.5 Å². The predicted octanol–water partition coefficient (Wildman–Crippen LogP) is 2.85. The lowest BCUT2D eigenvalue weighted by molar-refractivity contribution is -0.141. The predicted molar refractivity (Wildman–Crippen MR) is 117 cm³/mol. The van der Waals surface area contributed by atoms with E-state index in [2.05, 4.69) is 32.6 Å². The van der Waals surface area contributed by atoms with Crippen molar-refractivity contribution < 1.29 is 24.2 Å². The fraction of sp³-hybridized carbons (Fsp3) is 0.261. The van der Waals surface area contributed by atoms with Gasteiger partial charge in [0.25, 0.3) is 11.9 Å². The van der Waals surface area contributed by atoms with Crippen molar-refractivity contribution >= 4 is 23.9 Å². The summed E-state index contributed by atoms with van der Waals surface area (Å²) < 4.78 is 5.44. The molecule has 33 heavy (non-hydrogen) atoms. The zero-order valence-electron chi connectivity index (χ0n) is 17.5. The summed E-state index contributed by atoms with van der Waals surface area (Å²) in [6, 6.07) is 15.1. The molecule has 1 fully saturated rings. The molecular weight excluding hydrogens is 426 g/mol. The average molecular weight is 447 g/mol. The van der Waals surface area contributed by atoms with Gasteiger partial charge in [-0.2, -0.15) is 4.98 Å². The lowest BCUT2D eigenvalue weighted by Crippen LogP contribution is -2.40. The van der Waals surface area contributed by atoms with E-state index in [-0.39, 0.29) is 24.3 Å². The molecule has 1 atom stereocenters. The van der Waals surface area contributed by atoms with E-state index in [1.807, 2.05) is 36.4 Å². The standard InChI is InChI=1S/C23H21N5O5/c29-20(28-11-5-10-18(28)21(30)31)19-24-22(27-26-19)25-23(32)33-12-17-15-8-3-1-6-13(15)14-7-2-4-9-16(14)17/h1-4,6-9,17-18H,5,10-12H2,(H,30,31)(H2,24,25,26,27,32). The number of hydrogen-bond acceptors (Lipinski definition) is 6. The number of anilines is 1. The number of rotatable bonds is 5. The Morgan fingerprint density at radius 2 is 1.76 bits per heavy atom. The van der Waals surface area contributed by atoms with Gasteiger partial charge in [0, 0.05) is 12.5 Å². The van der Waals surface area contributed by atoms with Gasteiger partial charge in [-0.25, -0.2) is 9.59 Å². The van der Waals surface area contributed by atoms with Crippen molar-refractivity contribution in [3.05, 3.63) is 65.5 Å². The Kier molecular flexibility index (Phi) is 5.25. The Labute approximate surface area is 188 Å². The summed E-state index contributed by atoms with van der Waals surface area (Å²) in [4.78, 5) is 41.5. The van der Waals surface area contributed by atoms with Crippen LogP contribution in [0.4, 0.5) is 10.7 Å². The molecule has 0 saturated carbocycles. The largest absolute Gasteiger partial charge is 0.480 e. The molecular formula is C23H21N5O5. The van der Waals surface area contributed by atoms with Crippen LogP contribution in [-0.4, -0.2) is 62.4 Å². The maximum Gasteiger partial charge on any atom is 0.414 e. The SMILES string of the molecule is O=C(Nc1n[nH]c(C(=O)N2CCCC2C(=O)O)n1)OCC1c2ccccc2-c2ccccc21. The lowest BCUT2D eigenvalue weighted by atomic mass is 9.98. The van der Waals surface area contributed by atoms with Crippen molar-refractivity contribution in [1.82, 2.24) is 20.1 Å². The van der Waals surface area contributed by atoms with E-state index >= 15 is 0 Å². The number of nitrogens with one attached hydrogen (secondary N) is 2. The number of fused-ring (bicyclic) bond motifs is 3. The number of carbonyl (C=O) groups excluding carboxylic acids is 2. The smallest absolute Gasteiger partial charge is 0.414 e. The van der Waals surface area contributed by atoms with Gasteiger partial charge < -0.3 is 14.7 Å². The number of carbonyl (C=O) groups is 3. The summed E-state index contributed by atoms with van der Waals surface area (Å²) in [6.07, 6.45) is 0.237. The molecule has 1 unspecified atom stereocenters. The maximum absolute atomic E-state index is 12.6. The summed E-state index contributed by atoms with van der Waals surface area (Å²) in [6.45, 7) is 0.454. The van der Waals surface area contributed by atoms with Crippen molar-refractivity contribution in [2.45, 2.75) is 24.8 Å². The van der Waals surface area contributed by atoms with Crippen molar-refractivity contribution in [3.8, 4) is 11.1 Å². The van der Waals surface area contributed by atoms with Gasteiger partial charge in [0.1, 0.15) is 12.6 Å². The number of ether oxygens (including phenoxy) is 1. The second-order valence-corrected chi connectivity index (χ2v) is 7.95. The van der Waals surface area contributed by atoms with Crippen molar-refractivity contribution in [2.24, 2.45) is 0 Å². The van der Waals surface area contributed by atoms with Crippen molar-refractivity contribution in [2.75, 3.05) is 18.5 Å². The molecule has 2 amide bonds. The van der Waals surface area contributed by atoms with E-state index < -0.39 is 24.0 Å². The van der Waals surface area contributed by atoms with Crippen LogP contribution in [0.1, 0.15) is 40.5 Å². The third-order valence-corrected chi connectivity index (χ3v) is 6.04.